The third-order valence-electron chi connectivity index (χ3n) is 1.78. The molecular weight excluding hydrogens is 164 g/mol. The highest BCUT2D eigenvalue weighted by molar-refractivity contribution is 6.41. The van der Waals surface area contributed by atoms with E-state index < -0.39 is 0 Å². The topological polar surface area (TPSA) is 9.23 Å². The summed E-state index contributed by atoms with van der Waals surface area (Å²) < 4.78 is 5.09. The van der Waals surface area contributed by atoms with Crippen LogP contribution < -0.4 is 0 Å². The van der Waals surface area contributed by atoms with Gasteiger partial charge in [-0.25, -0.2) is 0 Å². The van der Waals surface area contributed by atoms with Gasteiger partial charge in [0, 0.05) is 17.4 Å². The van der Waals surface area contributed by atoms with Crippen LogP contribution in [0.3, 0.4) is 0 Å². The highest BCUT2D eigenvalue weighted by Gasteiger charge is 1.99. The summed E-state index contributed by atoms with van der Waals surface area (Å²) >= 11 is 0. The second kappa shape index (κ2) is 4.23. The molecule has 0 fully saturated rings. The third-order valence-corrected chi connectivity index (χ3v) is 2.32. The Hall–Kier alpha value is -0.863. The minimum absolute atomic E-state index is 0.678. The fourth-order valence-electron chi connectivity index (χ4n) is 1.22. The van der Waals surface area contributed by atoms with E-state index >= 15 is 0 Å². The van der Waals surface area contributed by atoms with Crippen molar-refractivity contribution in [1.82, 2.24) is 0 Å². The van der Waals surface area contributed by atoms with Gasteiger partial charge in [-0.1, -0.05) is 29.5 Å². The maximum atomic E-state index is 5.09. The van der Waals surface area contributed by atoms with Crippen LogP contribution in [0.2, 0.25) is 0 Å². The van der Waals surface area contributed by atoms with Crippen LogP contribution in [0.15, 0.2) is 30.8 Å². The Labute approximate surface area is 76.5 Å². The van der Waals surface area contributed by atoms with Gasteiger partial charge < -0.3 is 4.74 Å². The molecule has 0 aromatic heterocycles. The van der Waals surface area contributed by atoms with Crippen molar-refractivity contribution in [3.05, 3.63) is 42.0 Å². The molecule has 0 heterocycles. The first-order chi connectivity index (χ1) is 5.75. The van der Waals surface area contributed by atoms with Crippen LogP contribution >= 0.6 is 0 Å². The Kier molecular flexibility index (Phi) is 3.26. The summed E-state index contributed by atoms with van der Waals surface area (Å²) in [6.45, 7) is 4.65. The van der Waals surface area contributed by atoms with Gasteiger partial charge in [0.15, 0.2) is 0 Å². The molecule has 64 valence electrons. The molecule has 0 spiro atoms. The lowest BCUT2D eigenvalue weighted by Crippen LogP contribution is -1.94. The first-order valence-corrected chi connectivity index (χ1v) is 4.98. The number of benzene rings is 1. The van der Waals surface area contributed by atoms with Crippen molar-refractivity contribution in [3.8, 4) is 0 Å². The molecule has 1 rings (SSSR count). The normalized spacial score (nSPS) is 10.1. The molecule has 0 amide bonds. The summed E-state index contributed by atoms with van der Waals surface area (Å²) in [6.07, 6.45) is 0. The summed E-state index contributed by atoms with van der Waals surface area (Å²) in [5, 5.41) is 1.22. The molecule has 0 saturated heterocycles. The van der Waals surface area contributed by atoms with E-state index in [1.54, 1.807) is 7.11 Å². The molecule has 1 aromatic rings. The van der Waals surface area contributed by atoms with E-state index in [9.17, 15) is 0 Å². The quantitative estimate of drug-likeness (QED) is 0.631. The lowest BCUT2D eigenvalue weighted by molar-refractivity contribution is 0.184. The molecule has 0 radical (unpaired) electrons. The van der Waals surface area contributed by atoms with Crippen molar-refractivity contribution in [2.45, 2.75) is 6.61 Å². The zero-order valence-electron chi connectivity index (χ0n) is 7.63. The lowest BCUT2D eigenvalue weighted by Gasteiger charge is -2.07. The maximum Gasteiger partial charge on any atom is 0.0718 e. The minimum atomic E-state index is 0.678. The molecule has 0 bridgehead atoms. The van der Waals surface area contributed by atoms with Crippen molar-refractivity contribution < 1.29 is 4.74 Å². The molecule has 0 saturated carbocycles. The predicted octanol–water partition coefficient (Wildman–Crippen LogP) is 1.17. The van der Waals surface area contributed by atoms with Crippen molar-refractivity contribution >= 4 is 15.4 Å². The van der Waals surface area contributed by atoms with Gasteiger partial charge in [-0.3, -0.25) is 0 Å². The number of methoxy groups -OCH3 is 1. The highest BCUT2D eigenvalue weighted by atomic mass is 28.1. The van der Waals surface area contributed by atoms with Gasteiger partial charge in [0.2, 0.25) is 0 Å². The Balaban J connectivity index is 3.00. The summed E-state index contributed by atoms with van der Waals surface area (Å²) in [7, 11) is 2.73. The van der Waals surface area contributed by atoms with Gasteiger partial charge in [0.1, 0.15) is 0 Å². The van der Waals surface area contributed by atoms with Gasteiger partial charge >= 0.3 is 0 Å². The fourth-order valence-corrected chi connectivity index (χ4v) is 1.71. The first-order valence-electron chi connectivity index (χ1n) is 3.98. The van der Waals surface area contributed by atoms with Crippen LogP contribution in [0.4, 0.5) is 0 Å². The van der Waals surface area contributed by atoms with Gasteiger partial charge in [-0.2, -0.15) is 0 Å². The molecule has 0 aliphatic carbocycles. The zero-order chi connectivity index (χ0) is 8.97. The SMILES string of the molecule is C=C([SiH3])c1ccccc1COC. The summed E-state index contributed by atoms with van der Waals surface area (Å²) in [5.41, 5.74) is 2.49. The van der Waals surface area contributed by atoms with Crippen molar-refractivity contribution in [2.75, 3.05) is 7.11 Å². The van der Waals surface area contributed by atoms with E-state index in [4.69, 9.17) is 4.74 Å². The van der Waals surface area contributed by atoms with Crippen molar-refractivity contribution in [1.29, 1.82) is 0 Å². The minimum Gasteiger partial charge on any atom is -0.380 e. The molecule has 0 N–H and O–H groups in total. The standard InChI is InChI=1S/C10H14OSi/c1-8(12)10-6-4-3-5-9(10)7-11-2/h3-6H,1,7H2,2,12H3. The van der Waals surface area contributed by atoms with E-state index in [1.165, 1.54) is 16.3 Å². The molecule has 0 aliphatic rings. The zero-order valence-corrected chi connectivity index (χ0v) is 9.63. The predicted molar refractivity (Wildman–Crippen MR) is 56.1 cm³/mol. The number of rotatable bonds is 3. The highest BCUT2D eigenvalue weighted by Crippen LogP contribution is 2.15. The average molecular weight is 178 g/mol. The summed E-state index contributed by atoms with van der Waals surface area (Å²) in [4.78, 5) is 0. The largest absolute Gasteiger partial charge is 0.380 e. The molecule has 1 nitrogen and oxygen atoms in total. The summed E-state index contributed by atoms with van der Waals surface area (Å²) in [5.74, 6) is 0. The fraction of sp³-hybridized carbons (Fsp3) is 0.200. The Morgan fingerprint density at radius 2 is 2.17 bits per heavy atom. The Bertz CT molecular complexity index is 281. The van der Waals surface area contributed by atoms with Crippen LogP contribution in [-0.2, 0) is 11.3 Å². The second-order valence-corrected chi connectivity index (χ2v) is 4.08. The van der Waals surface area contributed by atoms with E-state index in [1.807, 2.05) is 12.1 Å². The lowest BCUT2D eigenvalue weighted by atomic mass is 10.1. The number of hydrogen-bond acceptors (Lipinski definition) is 1. The van der Waals surface area contributed by atoms with E-state index in [0.29, 0.717) is 6.61 Å². The monoisotopic (exact) mass is 178 g/mol. The Morgan fingerprint density at radius 1 is 1.50 bits per heavy atom. The average Bonchev–Trinajstić information content (AvgIpc) is 2.05. The van der Waals surface area contributed by atoms with E-state index in [-0.39, 0.29) is 0 Å². The second-order valence-electron chi connectivity index (χ2n) is 2.87. The van der Waals surface area contributed by atoms with Crippen LogP contribution in [0.25, 0.3) is 5.20 Å². The molecule has 0 unspecified atom stereocenters. The van der Waals surface area contributed by atoms with E-state index in [2.05, 4.69) is 18.7 Å². The van der Waals surface area contributed by atoms with Gasteiger partial charge in [-0.05, 0) is 11.1 Å². The Morgan fingerprint density at radius 3 is 2.75 bits per heavy atom. The van der Waals surface area contributed by atoms with Crippen LogP contribution in [0, 0.1) is 0 Å². The molecule has 12 heavy (non-hydrogen) atoms. The molecule has 0 aliphatic heterocycles. The van der Waals surface area contributed by atoms with Crippen LogP contribution in [0.1, 0.15) is 11.1 Å². The molecule has 1 aromatic carbocycles. The molecular formula is C10H14OSi. The van der Waals surface area contributed by atoms with Gasteiger partial charge in [0.05, 0.1) is 6.61 Å². The van der Waals surface area contributed by atoms with Crippen molar-refractivity contribution in [2.24, 2.45) is 0 Å². The van der Waals surface area contributed by atoms with Gasteiger partial charge in [0.25, 0.3) is 0 Å². The molecule has 2 heteroatoms. The third kappa shape index (κ3) is 2.06. The van der Waals surface area contributed by atoms with E-state index in [0.717, 1.165) is 10.2 Å². The van der Waals surface area contributed by atoms with Crippen LogP contribution in [0.5, 0.6) is 0 Å². The maximum absolute atomic E-state index is 5.09. The van der Waals surface area contributed by atoms with Gasteiger partial charge in [-0.15, -0.1) is 6.58 Å². The van der Waals surface area contributed by atoms with Crippen molar-refractivity contribution in [3.63, 3.8) is 0 Å². The first kappa shape index (κ1) is 9.23. The summed E-state index contributed by atoms with van der Waals surface area (Å²) in [6, 6.07) is 8.26. The molecule has 0 atom stereocenters. The smallest absolute Gasteiger partial charge is 0.0718 e. The number of ether oxygens (including phenoxy) is 1. The number of hydrogen-bond donors (Lipinski definition) is 0. The van der Waals surface area contributed by atoms with Crippen LogP contribution in [-0.4, -0.2) is 17.4 Å².